The zero-order valence-corrected chi connectivity index (χ0v) is 21.3. The number of halogens is 3. The van der Waals surface area contributed by atoms with Gasteiger partial charge >= 0.3 is 12.2 Å². The van der Waals surface area contributed by atoms with Crippen molar-refractivity contribution in [3.8, 4) is 17.8 Å². The second-order valence-electron chi connectivity index (χ2n) is 9.76. The molecule has 3 aromatic rings. The fourth-order valence-electron chi connectivity index (χ4n) is 4.70. The van der Waals surface area contributed by atoms with E-state index in [0.717, 1.165) is 42.1 Å². The number of rotatable bonds is 8. The molecule has 14 heteroatoms. The summed E-state index contributed by atoms with van der Waals surface area (Å²) in [5, 5.41) is 11.8. The van der Waals surface area contributed by atoms with Gasteiger partial charge in [-0.3, -0.25) is 4.79 Å². The Hall–Kier alpha value is -4.15. The number of amides is 1. The molecule has 2 N–H and O–H groups in total. The van der Waals surface area contributed by atoms with Crippen molar-refractivity contribution < 1.29 is 27.4 Å². The van der Waals surface area contributed by atoms with Crippen molar-refractivity contribution in [2.24, 2.45) is 11.8 Å². The number of carbonyl (C=O) groups excluding carboxylic acids is 1. The van der Waals surface area contributed by atoms with E-state index in [1.54, 1.807) is 13.3 Å². The van der Waals surface area contributed by atoms with Crippen LogP contribution in [0.2, 0.25) is 0 Å². The number of hydrogen-bond donors (Lipinski definition) is 2. The Morgan fingerprint density at radius 1 is 1.31 bits per heavy atom. The maximum atomic E-state index is 13.0. The summed E-state index contributed by atoms with van der Waals surface area (Å²) in [6, 6.07) is 1.72. The van der Waals surface area contributed by atoms with Crippen molar-refractivity contribution in [2.75, 3.05) is 31.7 Å². The number of alkyl halides is 3. The number of ether oxygens (including phenoxy) is 2. The number of anilines is 1. The van der Waals surface area contributed by atoms with Crippen molar-refractivity contribution in [1.82, 2.24) is 30.2 Å². The molecule has 1 saturated heterocycles. The molecule has 1 saturated carbocycles. The normalized spacial score (nSPS) is 20.4. The highest BCUT2D eigenvalue weighted by Crippen LogP contribution is 2.39. The van der Waals surface area contributed by atoms with Crippen LogP contribution in [0.15, 0.2) is 18.5 Å². The third kappa shape index (κ3) is 5.67. The number of pyridine rings is 1. The Morgan fingerprint density at radius 3 is 2.74 bits per heavy atom. The third-order valence-corrected chi connectivity index (χ3v) is 7.16. The molecule has 39 heavy (non-hydrogen) atoms. The lowest BCUT2D eigenvalue weighted by atomic mass is 9.89. The van der Waals surface area contributed by atoms with E-state index in [1.165, 1.54) is 0 Å². The summed E-state index contributed by atoms with van der Waals surface area (Å²) in [4.78, 5) is 34.5. The van der Waals surface area contributed by atoms with Gasteiger partial charge in [0, 0.05) is 31.4 Å². The van der Waals surface area contributed by atoms with Gasteiger partial charge in [0.2, 0.25) is 11.8 Å². The summed E-state index contributed by atoms with van der Waals surface area (Å²) in [6.45, 7) is 2.07. The summed E-state index contributed by atoms with van der Waals surface area (Å²) < 4.78 is 50.2. The molecule has 2 aliphatic rings. The Morgan fingerprint density at radius 2 is 2.08 bits per heavy atom. The first-order valence-electron chi connectivity index (χ1n) is 12.6. The summed E-state index contributed by atoms with van der Waals surface area (Å²) >= 11 is 0. The minimum absolute atomic E-state index is 0.0242. The van der Waals surface area contributed by atoms with Crippen LogP contribution in [-0.4, -0.2) is 69.9 Å². The highest BCUT2D eigenvalue weighted by atomic mass is 19.4. The van der Waals surface area contributed by atoms with E-state index >= 15 is 0 Å². The number of nitrogens with zero attached hydrogens (tertiary/aromatic N) is 6. The lowest BCUT2D eigenvalue weighted by molar-refractivity contribution is -0.149. The van der Waals surface area contributed by atoms with Gasteiger partial charge in [0.15, 0.2) is 0 Å². The monoisotopic (exact) mass is 544 g/mol. The maximum Gasteiger partial charge on any atom is 0.408 e. The first-order chi connectivity index (χ1) is 18.7. The fraction of sp³-hybridized carbons (Fsp3) is 0.520. The van der Waals surface area contributed by atoms with Crippen LogP contribution in [-0.2, 0) is 0 Å². The van der Waals surface area contributed by atoms with Gasteiger partial charge in [-0.2, -0.15) is 33.4 Å². The predicted octanol–water partition coefficient (Wildman–Crippen LogP) is 3.36. The summed E-state index contributed by atoms with van der Waals surface area (Å²) in [5.74, 6) is -0.560. The van der Waals surface area contributed by atoms with Crippen LogP contribution in [0.1, 0.15) is 48.3 Å². The van der Waals surface area contributed by atoms with Crippen molar-refractivity contribution in [1.29, 1.82) is 5.26 Å². The average Bonchev–Trinajstić information content (AvgIpc) is 3.57. The molecule has 0 bridgehead atoms. The topological polar surface area (TPSA) is 142 Å². The highest BCUT2D eigenvalue weighted by molar-refractivity contribution is 5.91. The number of hydrogen-bond acceptors (Lipinski definition) is 9. The second-order valence-corrected chi connectivity index (χ2v) is 9.76. The Balaban J connectivity index is 1.34. The third-order valence-electron chi connectivity index (χ3n) is 7.16. The number of fused-ring (bicyclic) bond motifs is 1. The van der Waals surface area contributed by atoms with Gasteiger partial charge in [0.05, 0.1) is 31.1 Å². The SMILES string of the molecule is COc1ccnc2[nH]cc(C3CCN(c4nc(OC[C@H]5C[C@H]5C#N)nc(C(=O)N[C@@H](C)C(F)(F)F)n4)CC3)c12. The molecule has 1 aliphatic heterocycles. The standard InChI is InChI=1S/C25H27F3N8O3/c1-13(25(26,27)28)32-22(37)21-33-23(35-24(34-21)39-12-16-9-15(16)10-29)36-7-4-14(5-8-36)17-11-31-20-19(17)18(38-2)3-6-30-20/h3,6,11,13-16H,4-5,7-9,12H2,1-2H3,(H,30,31)(H,32,37)/t13-,15-,16+/m0/s1. The summed E-state index contributed by atoms with van der Waals surface area (Å²) in [6.07, 6.45) is 1.14. The van der Waals surface area contributed by atoms with E-state index in [2.05, 4.69) is 31.0 Å². The Bertz CT molecular complexity index is 1400. The number of aromatic amines is 1. The van der Waals surface area contributed by atoms with E-state index in [-0.39, 0.29) is 36.3 Å². The van der Waals surface area contributed by atoms with Crippen LogP contribution < -0.4 is 19.7 Å². The van der Waals surface area contributed by atoms with Crippen molar-refractivity contribution in [2.45, 2.75) is 44.3 Å². The molecule has 2 fully saturated rings. The van der Waals surface area contributed by atoms with E-state index in [1.807, 2.05) is 22.5 Å². The average molecular weight is 545 g/mol. The van der Waals surface area contributed by atoms with Gasteiger partial charge in [0.1, 0.15) is 17.4 Å². The largest absolute Gasteiger partial charge is 0.496 e. The molecule has 3 atom stereocenters. The van der Waals surface area contributed by atoms with Crippen molar-refractivity contribution in [3.63, 3.8) is 0 Å². The number of methoxy groups -OCH3 is 1. The lowest BCUT2D eigenvalue weighted by Crippen LogP contribution is -2.44. The van der Waals surface area contributed by atoms with Gasteiger partial charge in [-0.05, 0) is 43.7 Å². The van der Waals surface area contributed by atoms with Gasteiger partial charge in [0.25, 0.3) is 5.91 Å². The molecule has 5 rings (SSSR count). The second kappa shape index (κ2) is 10.5. The lowest BCUT2D eigenvalue weighted by Gasteiger charge is -2.32. The van der Waals surface area contributed by atoms with Crippen LogP contribution in [0.25, 0.3) is 11.0 Å². The molecule has 1 amide bonds. The molecule has 11 nitrogen and oxygen atoms in total. The van der Waals surface area contributed by atoms with Gasteiger partial charge < -0.3 is 24.7 Å². The molecule has 0 spiro atoms. The molecule has 0 radical (unpaired) electrons. The molecule has 1 aliphatic carbocycles. The molecule has 0 aromatic carbocycles. The zero-order valence-electron chi connectivity index (χ0n) is 21.3. The first kappa shape index (κ1) is 26.5. The van der Waals surface area contributed by atoms with Crippen LogP contribution in [0, 0.1) is 23.2 Å². The maximum absolute atomic E-state index is 13.0. The molecular weight excluding hydrogens is 517 g/mol. The predicted molar refractivity (Wildman–Crippen MR) is 132 cm³/mol. The summed E-state index contributed by atoms with van der Waals surface area (Å²) in [5.41, 5.74) is 1.83. The van der Waals surface area contributed by atoms with E-state index in [0.29, 0.717) is 19.5 Å². The van der Waals surface area contributed by atoms with Gasteiger partial charge in [-0.15, -0.1) is 0 Å². The Labute approximate surface area is 221 Å². The minimum atomic E-state index is -4.62. The number of nitriles is 1. The Kier molecular flexibility index (Phi) is 7.16. The van der Waals surface area contributed by atoms with E-state index in [4.69, 9.17) is 14.7 Å². The van der Waals surface area contributed by atoms with Crippen LogP contribution in [0.3, 0.4) is 0 Å². The first-order valence-corrected chi connectivity index (χ1v) is 12.6. The number of nitrogens with one attached hydrogen (secondary N) is 2. The van der Waals surface area contributed by atoms with Crippen molar-refractivity contribution >= 4 is 22.9 Å². The summed E-state index contributed by atoms with van der Waals surface area (Å²) in [7, 11) is 1.61. The number of piperidine rings is 1. The molecule has 0 unspecified atom stereocenters. The molecule has 4 heterocycles. The van der Waals surface area contributed by atoms with E-state index < -0.39 is 23.9 Å². The van der Waals surface area contributed by atoms with Crippen LogP contribution >= 0.6 is 0 Å². The van der Waals surface area contributed by atoms with Gasteiger partial charge in [-0.25, -0.2) is 4.98 Å². The van der Waals surface area contributed by atoms with Gasteiger partial charge in [-0.1, -0.05) is 0 Å². The van der Waals surface area contributed by atoms with Crippen LogP contribution in [0.5, 0.6) is 11.8 Å². The van der Waals surface area contributed by atoms with Crippen molar-refractivity contribution in [3.05, 3.63) is 29.8 Å². The smallest absolute Gasteiger partial charge is 0.408 e. The zero-order chi connectivity index (χ0) is 27.7. The van der Waals surface area contributed by atoms with E-state index in [9.17, 15) is 18.0 Å². The fourth-order valence-corrected chi connectivity index (χ4v) is 4.70. The number of aromatic nitrogens is 5. The quantitative estimate of drug-likeness (QED) is 0.436. The molecule has 206 valence electrons. The number of carbonyl (C=O) groups is 1. The molecule has 3 aromatic heterocycles. The van der Waals surface area contributed by atoms with Crippen LogP contribution in [0.4, 0.5) is 19.1 Å². The number of H-pyrrole nitrogens is 1. The minimum Gasteiger partial charge on any atom is -0.496 e. The highest BCUT2D eigenvalue weighted by Gasteiger charge is 2.39. The molecular formula is C25H27F3N8O3.